The Morgan fingerprint density at radius 2 is 1.63 bits per heavy atom. The van der Waals surface area contributed by atoms with Crippen LogP contribution in [0.2, 0.25) is 0 Å². The Kier molecular flexibility index (Phi) is 3.84. The van der Waals surface area contributed by atoms with Crippen LogP contribution in [0.5, 0.6) is 0 Å². The van der Waals surface area contributed by atoms with Crippen LogP contribution in [-0.2, 0) is 4.79 Å². The molecule has 3 heteroatoms. The van der Waals surface area contributed by atoms with Gasteiger partial charge in [0.05, 0.1) is 0 Å². The van der Waals surface area contributed by atoms with Crippen molar-refractivity contribution in [3.8, 4) is 0 Å². The summed E-state index contributed by atoms with van der Waals surface area (Å²) in [6.45, 7) is 3.02. The van der Waals surface area contributed by atoms with Crippen LogP contribution in [0.25, 0.3) is 0 Å². The van der Waals surface area contributed by atoms with E-state index in [-0.39, 0.29) is 0 Å². The van der Waals surface area contributed by atoms with Crippen molar-refractivity contribution in [3.05, 3.63) is 0 Å². The largest absolute Gasteiger partial charge is 0.340 e. The van der Waals surface area contributed by atoms with Gasteiger partial charge in [0, 0.05) is 24.5 Å². The van der Waals surface area contributed by atoms with Crippen molar-refractivity contribution in [1.82, 2.24) is 4.90 Å². The summed E-state index contributed by atoms with van der Waals surface area (Å²) in [5.74, 6) is 2.33. The maximum Gasteiger partial charge on any atom is 0.226 e. The molecule has 0 saturated heterocycles. The van der Waals surface area contributed by atoms with Crippen molar-refractivity contribution in [2.75, 3.05) is 6.54 Å². The fourth-order valence-corrected chi connectivity index (χ4v) is 4.56. The molecule has 3 rings (SSSR count). The number of carbonyl (C=O) groups excluding carboxylic acids is 1. The zero-order valence-corrected chi connectivity index (χ0v) is 12.2. The Morgan fingerprint density at radius 1 is 1.05 bits per heavy atom. The average Bonchev–Trinajstić information content (AvgIpc) is 3.16. The molecule has 0 spiro atoms. The molecule has 3 aliphatic rings. The van der Waals surface area contributed by atoms with E-state index in [1.54, 1.807) is 0 Å². The average molecular weight is 264 g/mol. The third-order valence-electron chi connectivity index (χ3n) is 5.75. The van der Waals surface area contributed by atoms with Gasteiger partial charge in [-0.2, -0.15) is 0 Å². The van der Waals surface area contributed by atoms with Gasteiger partial charge < -0.3 is 10.6 Å². The van der Waals surface area contributed by atoms with Crippen molar-refractivity contribution in [1.29, 1.82) is 0 Å². The van der Waals surface area contributed by atoms with Crippen molar-refractivity contribution < 1.29 is 4.79 Å². The van der Waals surface area contributed by atoms with Crippen molar-refractivity contribution in [2.45, 2.75) is 70.4 Å². The van der Waals surface area contributed by atoms with Gasteiger partial charge in [0.2, 0.25) is 5.91 Å². The maximum atomic E-state index is 12.8. The molecule has 0 aromatic rings. The Labute approximate surface area is 116 Å². The lowest BCUT2D eigenvalue weighted by atomic mass is 9.90. The highest BCUT2D eigenvalue weighted by Gasteiger charge is 2.56. The molecule has 2 unspecified atom stereocenters. The van der Waals surface area contributed by atoms with Gasteiger partial charge in [-0.05, 0) is 57.3 Å². The molecule has 0 aliphatic heterocycles. The number of nitrogens with zero attached hydrogens (tertiary/aromatic N) is 1. The van der Waals surface area contributed by atoms with Gasteiger partial charge in [0.15, 0.2) is 0 Å². The molecule has 1 amide bonds. The summed E-state index contributed by atoms with van der Waals surface area (Å²) in [5, 5.41) is 0. The molecule has 0 bridgehead atoms. The minimum atomic E-state index is 0.369. The molecule has 3 nitrogen and oxygen atoms in total. The smallest absolute Gasteiger partial charge is 0.226 e. The van der Waals surface area contributed by atoms with E-state index >= 15 is 0 Å². The van der Waals surface area contributed by atoms with E-state index in [9.17, 15) is 4.79 Å². The normalized spacial score (nSPS) is 41.5. The van der Waals surface area contributed by atoms with E-state index in [4.69, 9.17) is 5.73 Å². The number of rotatable bonds is 3. The molecule has 0 aromatic heterocycles. The first-order valence-corrected chi connectivity index (χ1v) is 8.28. The van der Waals surface area contributed by atoms with Gasteiger partial charge in [-0.1, -0.05) is 12.8 Å². The summed E-state index contributed by atoms with van der Waals surface area (Å²) in [5.41, 5.74) is 5.98. The van der Waals surface area contributed by atoms with Crippen molar-refractivity contribution in [2.24, 2.45) is 23.5 Å². The number of hydrogen-bond acceptors (Lipinski definition) is 2. The summed E-state index contributed by atoms with van der Waals surface area (Å²) >= 11 is 0. The number of amides is 1. The third-order valence-corrected chi connectivity index (χ3v) is 5.75. The highest BCUT2D eigenvalue weighted by Crippen LogP contribution is 2.56. The first kappa shape index (κ1) is 13.4. The topological polar surface area (TPSA) is 46.3 Å². The fourth-order valence-electron chi connectivity index (χ4n) is 4.56. The van der Waals surface area contributed by atoms with Crippen molar-refractivity contribution in [3.63, 3.8) is 0 Å². The molecule has 2 atom stereocenters. The first-order chi connectivity index (χ1) is 9.22. The lowest BCUT2D eigenvalue weighted by molar-refractivity contribution is -0.136. The van der Waals surface area contributed by atoms with Gasteiger partial charge in [-0.15, -0.1) is 0 Å². The molecule has 0 radical (unpaired) electrons. The van der Waals surface area contributed by atoms with E-state index in [1.165, 1.54) is 25.7 Å². The molecule has 108 valence electrons. The second-order valence-corrected chi connectivity index (χ2v) is 6.83. The van der Waals surface area contributed by atoms with E-state index in [2.05, 4.69) is 11.8 Å². The number of hydrogen-bond donors (Lipinski definition) is 1. The zero-order valence-electron chi connectivity index (χ0n) is 12.2. The molecule has 2 N–H and O–H groups in total. The molecular weight excluding hydrogens is 236 g/mol. The molecular formula is C16H28N2O. The molecule has 3 saturated carbocycles. The van der Waals surface area contributed by atoms with Gasteiger partial charge in [-0.3, -0.25) is 4.79 Å². The summed E-state index contributed by atoms with van der Waals surface area (Å²) in [6, 6.07) is 0.841. The minimum Gasteiger partial charge on any atom is -0.340 e. The maximum absolute atomic E-state index is 12.8. The van der Waals surface area contributed by atoms with E-state index in [1.807, 2.05) is 0 Å². The van der Waals surface area contributed by atoms with Crippen LogP contribution in [0, 0.1) is 17.8 Å². The monoisotopic (exact) mass is 264 g/mol. The summed E-state index contributed by atoms with van der Waals surface area (Å²) < 4.78 is 0. The summed E-state index contributed by atoms with van der Waals surface area (Å²) in [6.07, 6.45) is 9.69. The first-order valence-electron chi connectivity index (χ1n) is 8.28. The predicted octanol–water partition coefficient (Wildman–Crippen LogP) is 2.54. The number of carbonyl (C=O) groups is 1. The van der Waals surface area contributed by atoms with Crippen LogP contribution in [0.15, 0.2) is 0 Å². The SMILES string of the molecule is CCN(C(=O)C1C2CCCCC21)C1CCC(N)CC1. The highest BCUT2D eigenvalue weighted by atomic mass is 16.2. The fraction of sp³-hybridized carbons (Fsp3) is 0.938. The standard InChI is InChI=1S/C16H28N2O/c1-2-18(12-9-7-11(17)8-10-12)16(19)15-13-5-3-4-6-14(13)15/h11-15H,2-10,17H2,1H3. The molecule has 0 aromatic carbocycles. The van der Waals surface area contributed by atoms with E-state index < -0.39 is 0 Å². The summed E-state index contributed by atoms with van der Waals surface area (Å²) in [7, 11) is 0. The minimum absolute atomic E-state index is 0.369. The Hall–Kier alpha value is -0.570. The lowest BCUT2D eigenvalue weighted by Gasteiger charge is -2.35. The second-order valence-electron chi connectivity index (χ2n) is 6.83. The van der Waals surface area contributed by atoms with Gasteiger partial charge >= 0.3 is 0 Å². The highest BCUT2D eigenvalue weighted by molar-refractivity contribution is 5.82. The van der Waals surface area contributed by atoms with E-state index in [0.717, 1.165) is 44.1 Å². The van der Waals surface area contributed by atoms with Crippen LogP contribution < -0.4 is 5.73 Å². The molecule has 3 aliphatic carbocycles. The Bertz CT molecular complexity index is 324. The van der Waals surface area contributed by atoms with Crippen LogP contribution in [-0.4, -0.2) is 29.4 Å². The van der Waals surface area contributed by atoms with Gasteiger partial charge in [0.1, 0.15) is 0 Å². The van der Waals surface area contributed by atoms with Crippen LogP contribution in [0.3, 0.4) is 0 Å². The molecule has 19 heavy (non-hydrogen) atoms. The van der Waals surface area contributed by atoms with Crippen molar-refractivity contribution >= 4 is 5.91 Å². The Morgan fingerprint density at radius 3 is 2.16 bits per heavy atom. The zero-order chi connectivity index (χ0) is 13.4. The summed E-state index contributed by atoms with van der Waals surface area (Å²) in [4.78, 5) is 15.0. The quantitative estimate of drug-likeness (QED) is 0.851. The molecule has 3 fully saturated rings. The van der Waals surface area contributed by atoms with Crippen LogP contribution in [0.4, 0.5) is 0 Å². The van der Waals surface area contributed by atoms with Crippen LogP contribution in [0.1, 0.15) is 58.3 Å². The second kappa shape index (κ2) is 5.43. The van der Waals surface area contributed by atoms with Gasteiger partial charge in [0.25, 0.3) is 0 Å². The van der Waals surface area contributed by atoms with E-state index in [0.29, 0.717) is 23.9 Å². The van der Waals surface area contributed by atoms with Gasteiger partial charge in [-0.25, -0.2) is 0 Å². The Balaban J connectivity index is 1.61. The number of fused-ring (bicyclic) bond motifs is 1. The molecule has 0 heterocycles. The lowest BCUT2D eigenvalue weighted by Crippen LogP contribution is -2.45. The van der Waals surface area contributed by atoms with Crippen LogP contribution >= 0.6 is 0 Å². The predicted molar refractivity (Wildman–Crippen MR) is 76.6 cm³/mol. The third kappa shape index (κ3) is 2.54. The number of nitrogens with two attached hydrogens (primary N) is 1.